The Kier molecular flexibility index (Phi) is 5.39. The molecule has 2 rings (SSSR count). The molecule has 0 aliphatic carbocycles. The number of aromatic nitrogens is 2. The van der Waals surface area contributed by atoms with E-state index in [1.54, 1.807) is 0 Å². The lowest BCUT2D eigenvalue weighted by Crippen LogP contribution is -2.23. The van der Waals surface area contributed by atoms with Gasteiger partial charge in [0.25, 0.3) is 0 Å². The fraction of sp³-hybridized carbons (Fsp3) is 0.714. The van der Waals surface area contributed by atoms with Crippen molar-refractivity contribution >= 4 is 11.6 Å². The van der Waals surface area contributed by atoms with Gasteiger partial charge in [0, 0.05) is 39.3 Å². The van der Waals surface area contributed by atoms with Crippen LogP contribution in [0.3, 0.4) is 0 Å². The Morgan fingerprint density at radius 2 is 2.00 bits per heavy atom. The average Bonchev–Trinajstić information content (AvgIpc) is 2.46. The smallest absolute Gasteiger partial charge is 0.133 e. The second-order valence-corrected chi connectivity index (χ2v) is 4.99. The molecule has 1 fully saturated rings. The molecule has 0 saturated carbocycles. The third-order valence-corrected chi connectivity index (χ3v) is 3.41. The van der Waals surface area contributed by atoms with Crippen LogP contribution in [0, 0.1) is 5.92 Å². The van der Waals surface area contributed by atoms with Crippen molar-refractivity contribution in [2.45, 2.75) is 32.6 Å². The molecule has 1 aliphatic heterocycles. The first-order valence-corrected chi connectivity index (χ1v) is 7.19. The van der Waals surface area contributed by atoms with Crippen molar-refractivity contribution in [2.75, 3.05) is 37.4 Å². The van der Waals surface area contributed by atoms with Crippen LogP contribution in [-0.2, 0) is 11.2 Å². The van der Waals surface area contributed by atoms with E-state index in [2.05, 4.69) is 27.5 Å². The molecule has 106 valence electrons. The van der Waals surface area contributed by atoms with E-state index in [-0.39, 0.29) is 0 Å². The van der Waals surface area contributed by atoms with Crippen LogP contribution in [0.1, 0.15) is 32.0 Å². The fourth-order valence-corrected chi connectivity index (χ4v) is 2.25. The van der Waals surface area contributed by atoms with Gasteiger partial charge in [-0.05, 0) is 25.2 Å². The molecule has 0 radical (unpaired) electrons. The van der Waals surface area contributed by atoms with E-state index in [1.165, 1.54) is 0 Å². The third kappa shape index (κ3) is 4.35. The Labute approximate surface area is 115 Å². The highest BCUT2D eigenvalue weighted by molar-refractivity contribution is 5.47. The topological polar surface area (TPSA) is 59.1 Å². The van der Waals surface area contributed by atoms with Crippen molar-refractivity contribution in [3.05, 3.63) is 11.9 Å². The van der Waals surface area contributed by atoms with E-state index in [0.717, 1.165) is 62.9 Å². The van der Waals surface area contributed by atoms with E-state index in [4.69, 9.17) is 4.74 Å². The monoisotopic (exact) mass is 264 g/mol. The number of rotatable bonds is 6. The molecule has 19 heavy (non-hydrogen) atoms. The summed E-state index contributed by atoms with van der Waals surface area (Å²) in [5.41, 5.74) is 0. The van der Waals surface area contributed by atoms with E-state index in [9.17, 15) is 0 Å². The van der Waals surface area contributed by atoms with Crippen molar-refractivity contribution in [1.82, 2.24) is 9.97 Å². The van der Waals surface area contributed by atoms with Gasteiger partial charge in [-0.25, -0.2) is 9.97 Å². The molecule has 5 heteroatoms. The highest BCUT2D eigenvalue weighted by Gasteiger charge is 2.13. The molecule has 0 unspecified atom stereocenters. The number of hydrogen-bond donors (Lipinski definition) is 2. The summed E-state index contributed by atoms with van der Waals surface area (Å²) in [5.74, 6) is 3.41. The molecule has 2 heterocycles. The maximum absolute atomic E-state index is 5.38. The molecule has 1 aromatic rings. The first-order valence-electron chi connectivity index (χ1n) is 7.19. The van der Waals surface area contributed by atoms with Crippen LogP contribution in [0.25, 0.3) is 0 Å². The molecule has 1 aliphatic rings. The summed E-state index contributed by atoms with van der Waals surface area (Å²) >= 11 is 0. The zero-order chi connectivity index (χ0) is 13.5. The summed E-state index contributed by atoms with van der Waals surface area (Å²) in [6, 6.07) is 1.97. The highest BCUT2D eigenvalue weighted by Crippen LogP contribution is 2.17. The van der Waals surface area contributed by atoms with Gasteiger partial charge in [0.15, 0.2) is 0 Å². The van der Waals surface area contributed by atoms with Gasteiger partial charge in [-0.15, -0.1) is 0 Å². The first kappa shape index (κ1) is 14.1. The van der Waals surface area contributed by atoms with Gasteiger partial charge in [0.1, 0.15) is 17.5 Å². The molecule has 0 aromatic carbocycles. The van der Waals surface area contributed by atoms with Crippen molar-refractivity contribution in [2.24, 2.45) is 5.92 Å². The predicted molar refractivity (Wildman–Crippen MR) is 77.6 cm³/mol. The van der Waals surface area contributed by atoms with Crippen LogP contribution in [-0.4, -0.2) is 36.8 Å². The summed E-state index contributed by atoms with van der Waals surface area (Å²) in [7, 11) is 1.89. The van der Waals surface area contributed by atoms with E-state index < -0.39 is 0 Å². The molecule has 5 nitrogen and oxygen atoms in total. The predicted octanol–water partition coefficient (Wildman–Crippen LogP) is 2.31. The van der Waals surface area contributed by atoms with Gasteiger partial charge < -0.3 is 15.4 Å². The molecule has 2 N–H and O–H groups in total. The van der Waals surface area contributed by atoms with E-state index >= 15 is 0 Å². The normalized spacial score (nSPS) is 16.3. The van der Waals surface area contributed by atoms with Gasteiger partial charge in [-0.1, -0.05) is 6.92 Å². The summed E-state index contributed by atoms with van der Waals surface area (Å²) in [5, 5.41) is 6.53. The number of aryl methyl sites for hydroxylation is 1. The van der Waals surface area contributed by atoms with Gasteiger partial charge in [-0.2, -0.15) is 0 Å². The lowest BCUT2D eigenvalue weighted by atomic mass is 10.0. The minimum Gasteiger partial charge on any atom is -0.381 e. The SMILES string of the molecule is CCCc1nc(NC)cc(NCC2CCOCC2)n1. The molecule has 1 aromatic heterocycles. The van der Waals surface area contributed by atoms with E-state index in [1.807, 2.05) is 13.1 Å². The Balaban J connectivity index is 1.95. The quantitative estimate of drug-likeness (QED) is 0.825. The van der Waals surface area contributed by atoms with Crippen molar-refractivity contribution < 1.29 is 4.74 Å². The second kappa shape index (κ2) is 7.28. The highest BCUT2D eigenvalue weighted by atomic mass is 16.5. The number of nitrogens with zero attached hydrogens (tertiary/aromatic N) is 2. The van der Waals surface area contributed by atoms with Crippen LogP contribution in [0.4, 0.5) is 11.6 Å². The van der Waals surface area contributed by atoms with Crippen molar-refractivity contribution in [3.8, 4) is 0 Å². The van der Waals surface area contributed by atoms with E-state index in [0.29, 0.717) is 5.92 Å². The average molecular weight is 264 g/mol. The number of hydrogen-bond acceptors (Lipinski definition) is 5. The van der Waals surface area contributed by atoms with Crippen LogP contribution in [0.2, 0.25) is 0 Å². The zero-order valence-corrected chi connectivity index (χ0v) is 11.9. The summed E-state index contributed by atoms with van der Waals surface area (Å²) in [4.78, 5) is 9.02. The summed E-state index contributed by atoms with van der Waals surface area (Å²) in [6.07, 6.45) is 4.26. The lowest BCUT2D eigenvalue weighted by molar-refractivity contribution is 0.0699. The molecule has 0 amide bonds. The zero-order valence-electron chi connectivity index (χ0n) is 11.9. The minimum absolute atomic E-state index is 0.691. The minimum atomic E-state index is 0.691. The molecule has 0 bridgehead atoms. The number of anilines is 2. The summed E-state index contributed by atoms with van der Waals surface area (Å²) < 4.78 is 5.38. The Bertz CT molecular complexity index is 391. The van der Waals surface area contributed by atoms with Crippen LogP contribution in [0.5, 0.6) is 0 Å². The third-order valence-electron chi connectivity index (χ3n) is 3.41. The first-order chi connectivity index (χ1) is 9.31. The molecular weight excluding hydrogens is 240 g/mol. The van der Waals surface area contributed by atoms with Crippen molar-refractivity contribution in [3.63, 3.8) is 0 Å². The van der Waals surface area contributed by atoms with Crippen molar-refractivity contribution in [1.29, 1.82) is 0 Å². The van der Waals surface area contributed by atoms with Gasteiger partial charge in [-0.3, -0.25) is 0 Å². The molecule has 1 saturated heterocycles. The van der Waals surface area contributed by atoms with Crippen LogP contribution < -0.4 is 10.6 Å². The molecule has 0 atom stereocenters. The van der Waals surface area contributed by atoms with Gasteiger partial charge >= 0.3 is 0 Å². The number of nitrogens with one attached hydrogen (secondary N) is 2. The largest absolute Gasteiger partial charge is 0.381 e. The number of ether oxygens (including phenoxy) is 1. The van der Waals surface area contributed by atoms with Gasteiger partial charge in [0.05, 0.1) is 0 Å². The lowest BCUT2D eigenvalue weighted by Gasteiger charge is -2.22. The maximum Gasteiger partial charge on any atom is 0.133 e. The van der Waals surface area contributed by atoms with Crippen LogP contribution in [0.15, 0.2) is 6.07 Å². The Hall–Kier alpha value is -1.36. The Morgan fingerprint density at radius 3 is 2.68 bits per heavy atom. The molecule has 0 spiro atoms. The standard InChI is InChI=1S/C14H24N4O/c1-3-4-12-17-13(15-2)9-14(18-12)16-10-11-5-7-19-8-6-11/h9,11H,3-8,10H2,1-2H3,(H2,15,16,17,18). The van der Waals surface area contributed by atoms with Gasteiger partial charge in [0.2, 0.25) is 0 Å². The summed E-state index contributed by atoms with van der Waals surface area (Å²) in [6.45, 7) is 4.89. The second-order valence-electron chi connectivity index (χ2n) is 4.99. The van der Waals surface area contributed by atoms with Crippen LogP contribution >= 0.6 is 0 Å². The maximum atomic E-state index is 5.38. The molecular formula is C14H24N4O. The Morgan fingerprint density at radius 1 is 1.26 bits per heavy atom. The fourth-order valence-electron chi connectivity index (χ4n) is 2.25.